The minimum atomic E-state index is 1.11. The SMILES string of the molecule is c1ccc(-c2cc(-c3ccccc3)c3sc4c(N(c5ccc(-c6ccc7ccccc7c6)cc5)c5ccc(-c6ccccc6)c6ccccc56)cccc4c3c2)cc1. The molecule has 1 nitrogen and oxygen atoms in total. The normalized spacial score (nSPS) is 11.4. The average Bonchev–Trinajstić information content (AvgIpc) is 3.69. The molecule has 2 heteroatoms. The Labute approximate surface area is 342 Å². The van der Waals surface area contributed by atoms with Crippen LogP contribution in [0.25, 0.3) is 86.2 Å². The van der Waals surface area contributed by atoms with Gasteiger partial charge in [0, 0.05) is 32.1 Å². The summed E-state index contributed by atoms with van der Waals surface area (Å²) in [6.07, 6.45) is 0. The molecule has 0 aliphatic heterocycles. The van der Waals surface area contributed by atoms with E-state index in [1.165, 1.54) is 86.2 Å². The lowest BCUT2D eigenvalue weighted by atomic mass is 9.95. The molecule has 0 bridgehead atoms. The van der Waals surface area contributed by atoms with Crippen molar-refractivity contribution < 1.29 is 0 Å². The molecule has 0 fully saturated rings. The minimum absolute atomic E-state index is 1.11. The van der Waals surface area contributed by atoms with Crippen LogP contribution in [0, 0.1) is 0 Å². The smallest absolute Gasteiger partial charge is 0.0640 e. The highest BCUT2D eigenvalue weighted by molar-refractivity contribution is 7.27. The van der Waals surface area contributed by atoms with Gasteiger partial charge in [0.2, 0.25) is 0 Å². The van der Waals surface area contributed by atoms with E-state index in [9.17, 15) is 0 Å². The van der Waals surface area contributed by atoms with E-state index in [1.807, 2.05) is 11.3 Å². The van der Waals surface area contributed by atoms with Gasteiger partial charge in [-0.05, 0) is 97.6 Å². The van der Waals surface area contributed by atoms with Crippen molar-refractivity contribution in [2.45, 2.75) is 0 Å². The Morgan fingerprint density at radius 3 is 1.60 bits per heavy atom. The number of hydrogen-bond donors (Lipinski definition) is 0. The Morgan fingerprint density at radius 1 is 0.276 bits per heavy atom. The highest BCUT2D eigenvalue weighted by Crippen LogP contribution is 2.50. The van der Waals surface area contributed by atoms with Crippen molar-refractivity contribution in [1.29, 1.82) is 0 Å². The molecule has 272 valence electrons. The van der Waals surface area contributed by atoms with Gasteiger partial charge in [0.15, 0.2) is 0 Å². The summed E-state index contributed by atoms with van der Waals surface area (Å²) in [7, 11) is 0. The van der Waals surface area contributed by atoms with E-state index in [1.54, 1.807) is 0 Å². The van der Waals surface area contributed by atoms with Gasteiger partial charge in [0.25, 0.3) is 0 Å². The summed E-state index contributed by atoms with van der Waals surface area (Å²) in [5, 5.41) is 7.47. The predicted octanol–water partition coefficient (Wildman–Crippen LogP) is 16.5. The third kappa shape index (κ3) is 5.94. The lowest BCUT2D eigenvalue weighted by Gasteiger charge is -2.28. The Hall–Kier alpha value is -7.26. The standard InChI is InChI=1S/C56H37NS/c1-4-15-38(16-5-1)45-36-51(42-20-8-3-9-21-42)55-52(37-45)50-25-14-26-54(56(50)58-55)57(46-31-29-40(30-32-46)44-28-27-39-17-10-11-22-43(39)35-44)53-34-33-47(41-18-6-2-7-19-41)48-23-12-13-24-49(48)53/h1-37H. The van der Waals surface area contributed by atoms with Crippen LogP contribution in [0.3, 0.4) is 0 Å². The van der Waals surface area contributed by atoms with E-state index in [0.29, 0.717) is 0 Å². The van der Waals surface area contributed by atoms with Crippen molar-refractivity contribution in [3.63, 3.8) is 0 Å². The van der Waals surface area contributed by atoms with Crippen molar-refractivity contribution in [2.75, 3.05) is 4.90 Å². The van der Waals surface area contributed by atoms with Crippen LogP contribution in [-0.2, 0) is 0 Å². The fourth-order valence-electron chi connectivity index (χ4n) is 8.62. The summed E-state index contributed by atoms with van der Waals surface area (Å²) in [6.45, 7) is 0. The molecule has 0 N–H and O–H groups in total. The topological polar surface area (TPSA) is 3.24 Å². The predicted molar refractivity (Wildman–Crippen MR) is 251 cm³/mol. The maximum absolute atomic E-state index is 2.49. The van der Waals surface area contributed by atoms with Gasteiger partial charge in [-0.15, -0.1) is 11.3 Å². The number of thiophene rings is 1. The molecule has 0 atom stereocenters. The summed E-state index contributed by atoms with van der Waals surface area (Å²) >= 11 is 1.90. The molecule has 11 aromatic rings. The second kappa shape index (κ2) is 14.4. The van der Waals surface area contributed by atoms with Crippen molar-refractivity contribution in [3.05, 3.63) is 224 Å². The molecule has 0 aliphatic carbocycles. The van der Waals surface area contributed by atoms with Gasteiger partial charge in [-0.2, -0.15) is 0 Å². The number of anilines is 3. The molecule has 1 heterocycles. The molecular formula is C56H37NS. The number of fused-ring (bicyclic) bond motifs is 5. The van der Waals surface area contributed by atoms with E-state index in [2.05, 4.69) is 229 Å². The first-order valence-corrected chi connectivity index (χ1v) is 20.7. The molecule has 0 saturated heterocycles. The highest BCUT2D eigenvalue weighted by atomic mass is 32.1. The van der Waals surface area contributed by atoms with Crippen LogP contribution >= 0.6 is 11.3 Å². The van der Waals surface area contributed by atoms with Gasteiger partial charge in [0.1, 0.15) is 0 Å². The molecule has 0 aliphatic rings. The van der Waals surface area contributed by atoms with E-state index < -0.39 is 0 Å². The molecule has 0 radical (unpaired) electrons. The van der Waals surface area contributed by atoms with Crippen LogP contribution in [0.5, 0.6) is 0 Å². The van der Waals surface area contributed by atoms with Crippen molar-refractivity contribution in [1.82, 2.24) is 0 Å². The zero-order chi connectivity index (χ0) is 38.4. The molecule has 58 heavy (non-hydrogen) atoms. The van der Waals surface area contributed by atoms with Gasteiger partial charge in [0.05, 0.1) is 16.1 Å². The Morgan fingerprint density at radius 2 is 0.862 bits per heavy atom. The van der Waals surface area contributed by atoms with E-state index in [4.69, 9.17) is 0 Å². The second-order valence-corrected chi connectivity index (χ2v) is 15.9. The summed E-state index contributed by atoms with van der Waals surface area (Å²) in [5.74, 6) is 0. The van der Waals surface area contributed by atoms with Crippen LogP contribution in [0.1, 0.15) is 0 Å². The summed E-state index contributed by atoms with van der Waals surface area (Å²) < 4.78 is 2.55. The van der Waals surface area contributed by atoms with E-state index in [-0.39, 0.29) is 0 Å². The number of benzene rings is 10. The van der Waals surface area contributed by atoms with Crippen LogP contribution < -0.4 is 4.90 Å². The quantitative estimate of drug-likeness (QED) is 0.157. The molecule has 0 unspecified atom stereocenters. The van der Waals surface area contributed by atoms with Crippen molar-refractivity contribution in [2.24, 2.45) is 0 Å². The van der Waals surface area contributed by atoms with Crippen LogP contribution in [0.4, 0.5) is 17.1 Å². The fraction of sp³-hybridized carbons (Fsp3) is 0. The van der Waals surface area contributed by atoms with Crippen LogP contribution in [0.2, 0.25) is 0 Å². The number of nitrogens with zero attached hydrogens (tertiary/aromatic N) is 1. The van der Waals surface area contributed by atoms with Gasteiger partial charge in [-0.25, -0.2) is 0 Å². The number of hydrogen-bond acceptors (Lipinski definition) is 2. The first kappa shape index (κ1) is 34.0. The van der Waals surface area contributed by atoms with Gasteiger partial charge < -0.3 is 4.90 Å². The first-order valence-electron chi connectivity index (χ1n) is 19.8. The highest BCUT2D eigenvalue weighted by Gasteiger charge is 2.22. The fourth-order valence-corrected chi connectivity index (χ4v) is 9.94. The van der Waals surface area contributed by atoms with E-state index in [0.717, 1.165) is 17.1 Å². The molecule has 1 aromatic heterocycles. The van der Waals surface area contributed by atoms with E-state index >= 15 is 0 Å². The Balaban J connectivity index is 1.15. The largest absolute Gasteiger partial charge is 0.308 e. The summed E-state index contributed by atoms with van der Waals surface area (Å²) in [6, 6.07) is 81.9. The second-order valence-electron chi connectivity index (χ2n) is 14.9. The molecule has 0 saturated carbocycles. The van der Waals surface area contributed by atoms with Gasteiger partial charge >= 0.3 is 0 Å². The summed E-state index contributed by atoms with van der Waals surface area (Å²) in [5.41, 5.74) is 13.2. The molecule has 10 aromatic carbocycles. The third-order valence-corrected chi connectivity index (χ3v) is 12.7. The molecular weight excluding hydrogens is 719 g/mol. The van der Waals surface area contributed by atoms with Crippen LogP contribution in [0.15, 0.2) is 224 Å². The third-order valence-electron chi connectivity index (χ3n) is 11.4. The average molecular weight is 756 g/mol. The Kier molecular flexibility index (Phi) is 8.42. The van der Waals surface area contributed by atoms with Crippen molar-refractivity contribution >= 4 is 70.1 Å². The first-order chi connectivity index (χ1) is 28.8. The zero-order valence-electron chi connectivity index (χ0n) is 31.7. The molecule has 0 amide bonds. The monoisotopic (exact) mass is 755 g/mol. The molecule has 11 rings (SSSR count). The van der Waals surface area contributed by atoms with Crippen molar-refractivity contribution in [3.8, 4) is 44.5 Å². The summed E-state index contributed by atoms with van der Waals surface area (Å²) in [4.78, 5) is 2.49. The lowest BCUT2D eigenvalue weighted by molar-refractivity contribution is 1.32. The van der Waals surface area contributed by atoms with Gasteiger partial charge in [-0.3, -0.25) is 0 Å². The van der Waals surface area contributed by atoms with Gasteiger partial charge in [-0.1, -0.05) is 182 Å². The number of rotatable bonds is 7. The zero-order valence-corrected chi connectivity index (χ0v) is 32.5. The maximum Gasteiger partial charge on any atom is 0.0640 e. The molecule has 0 spiro atoms. The minimum Gasteiger partial charge on any atom is -0.308 e. The van der Waals surface area contributed by atoms with Crippen LogP contribution in [-0.4, -0.2) is 0 Å². The lowest BCUT2D eigenvalue weighted by Crippen LogP contribution is -2.10. The maximum atomic E-state index is 2.49. The Bertz CT molecular complexity index is 3260.